The maximum atomic E-state index is 14.7. The number of nitrogens with zero attached hydrogens (tertiary/aromatic N) is 3. The first-order valence-corrected chi connectivity index (χ1v) is 11.4. The molecule has 6 nitrogen and oxygen atoms in total. The molecule has 0 radical (unpaired) electrons. The van der Waals surface area contributed by atoms with Crippen LogP contribution in [0.15, 0.2) is 23.2 Å². The molecule has 7 heteroatoms. The highest BCUT2D eigenvalue weighted by Gasteiger charge is 2.20. The van der Waals surface area contributed by atoms with Crippen LogP contribution in [-0.2, 0) is 11.3 Å². The van der Waals surface area contributed by atoms with E-state index in [0.717, 1.165) is 63.0 Å². The molecule has 0 atom stereocenters. The van der Waals surface area contributed by atoms with E-state index in [-0.39, 0.29) is 11.9 Å². The fourth-order valence-electron chi connectivity index (χ4n) is 4.17. The van der Waals surface area contributed by atoms with Crippen molar-refractivity contribution in [1.29, 1.82) is 0 Å². The van der Waals surface area contributed by atoms with E-state index in [2.05, 4.69) is 24.2 Å². The quantitative estimate of drug-likeness (QED) is 0.525. The Balaban J connectivity index is 1.57. The topological polar surface area (TPSA) is 60.3 Å². The Morgan fingerprint density at radius 3 is 2.67 bits per heavy atom. The van der Waals surface area contributed by atoms with Crippen LogP contribution in [0.1, 0.15) is 44.6 Å². The molecular formula is C23H37FN4O2. The fourth-order valence-corrected chi connectivity index (χ4v) is 4.17. The van der Waals surface area contributed by atoms with Crippen molar-refractivity contribution in [3.05, 3.63) is 29.6 Å². The maximum Gasteiger partial charge on any atom is 0.193 e. The minimum Gasteiger partial charge on any atom is -0.393 e. The van der Waals surface area contributed by atoms with Gasteiger partial charge in [-0.15, -0.1) is 0 Å². The first-order chi connectivity index (χ1) is 14.6. The lowest BCUT2D eigenvalue weighted by Gasteiger charge is -2.31. The number of halogens is 1. The molecule has 0 amide bonds. The first-order valence-electron chi connectivity index (χ1n) is 11.4. The Bertz CT molecular complexity index is 686. The third kappa shape index (κ3) is 6.57. The van der Waals surface area contributed by atoms with Gasteiger partial charge in [0.1, 0.15) is 5.82 Å². The number of piperidine rings is 1. The number of ether oxygens (including phenoxy) is 1. The van der Waals surface area contributed by atoms with Gasteiger partial charge in [0, 0.05) is 46.4 Å². The summed E-state index contributed by atoms with van der Waals surface area (Å²) in [5.41, 5.74) is 1.48. The monoisotopic (exact) mass is 420 g/mol. The molecule has 0 aliphatic carbocycles. The van der Waals surface area contributed by atoms with Crippen LogP contribution in [0.4, 0.5) is 10.1 Å². The highest BCUT2D eigenvalue weighted by Crippen LogP contribution is 2.24. The summed E-state index contributed by atoms with van der Waals surface area (Å²) in [6.45, 7) is 7.39. The van der Waals surface area contributed by atoms with Crippen molar-refractivity contribution in [2.24, 2.45) is 10.9 Å². The molecule has 1 aromatic carbocycles. The highest BCUT2D eigenvalue weighted by molar-refractivity contribution is 5.79. The molecule has 0 spiro atoms. The molecule has 0 bridgehead atoms. The summed E-state index contributed by atoms with van der Waals surface area (Å²) in [6.07, 6.45) is 4.55. The van der Waals surface area contributed by atoms with Gasteiger partial charge in [0.25, 0.3) is 0 Å². The van der Waals surface area contributed by atoms with Crippen molar-refractivity contribution >= 4 is 11.6 Å². The van der Waals surface area contributed by atoms with Gasteiger partial charge in [0.15, 0.2) is 5.96 Å². The predicted octanol–water partition coefficient (Wildman–Crippen LogP) is 3.00. The van der Waals surface area contributed by atoms with Gasteiger partial charge in [0.2, 0.25) is 0 Å². The van der Waals surface area contributed by atoms with Crippen LogP contribution in [-0.4, -0.2) is 68.5 Å². The summed E-state index contributed by atoms with van der Waals surface area (Å²) in [4.78, 5) is 8.92. The minimum atomic E-state index is -0.258. The van der Waals surface area contributed by atoms with Crippen molar-refractivity contribution in [1.82, 2.24) is 10.2 Å². The van der Waals surface area contributed by atoms with Gasteiger partial charge in [-0.1, -0.05) is 6.07 Å². The second kappa shape index (κ2) is 11.5. The second-order valence-electron chi connectivity index (χ2n) is 8.44. The van der Waals surface area contributed by atoms with Crippen molar-refractivity contribution in [3.63, 3.8) is 0 Å². The number of guanidine groups is 1. The largest absolute Gasteiger partial charge is 0.393 e. The van der Waals surface area contributed by atoms with Gasteiger partial charge in [0.05, 0.1) is 18.3 Å². The number of aliphatic hydroxyl groups is 1. The highest BCUT2D eigenvalue weighted by atomic mass is 19.1. The molecule has 1 aromatic rings. The van der Waals surface area contributed by atoms with E-state index in [9.17, 15) is 9.50 Å². The Labute approximate surface area is 180 Å². The molecule has 2 aliphatic rings. The van der Waals surface area contributed by atoms with E-state index in [4.69, 9.17) is 9.73 Å². The Hall–Kier alpha value is -1.86. The third-order valence-corrected chi connectivity index (χ3v) is 6.14. The number of nitrogens with one attached hydrogen (secondary N) is 1. The number of benzene rings is 1. The molecule has 2 fully saturated rings. The molecule has 3 rings (SSSR count). The molecule has 0 aromatic heterocycles. The molecule has 30 heavy (non-hydrogen) atoms. The van der Waals surface area contributed by atoms with Crippen LogP contribution in [0.3, 0.4) is 0 Å². The molecule has 168 valence electrons. The lowest BCUT2D eigenvalue weighted by Crippen LogP contribution is -2.40. The summed E-state index contributed by atoms with van der Waals surface area (Å²) in [5.74, 6) is 1.37. The minimum absolute atomic E-state index is 0.211. The van der Waals surface area contributed by atoms with E-state index in [0.29, 0.717) is 38.2 Å². The first kappa shape index (κ1) is 22.8. The average Bonchev–Trinajstić information content (AvgIpc) is 2.76. The number of anilines is 1. The van der Waals surface area contributed by atoms with Crippen LogP contribution in [0.5, 0.6) is 0 Å². The number of aliphatic imine (C=N–C) groups is 1. The Morgan fingerprint density at radius 2 is 2.00 bits per heavy atom. The predicted molar refractivity (Wildman–Crippen MR) is 119 cm³/mol. The van der Waals surface area contributed by atoms with Crippen LogP contribution in [0.2, 0.25) is 0 Å². The molecular weight excluding hydrogens is 383 g/mol. The molecule has 0 saturated carbocycles. The van der Waals surface area contributed by atoms with Crippen molar-refractivity contribution in [2.75, 3.05) is 51.3 Å². The lowest BCUT2D eigenvalue weighted by molar-refractivity contribution is 0.0625. The van der Waals surface area contributed by atoms with Gasteiger partial charge < -0.3 is 25.0 Å². The second-order valence-corrected chi connectivity index (χ2v) is 8.44. The zero-order valence-corrected chi connectivity index (χ0v) is 18.4. The van der Waals surface area contributed by atoms with Gasteiger partial charge in [-0.3, -0.25) is 0 Å². The molecule has 2 heterocycles. The summed E-state index contributed by atoms with van der Waals surface area (Å²) in [5, 5.41) is 13.0. The zero-order valence-electron chi connectivity index (χ0n) is 18.4. The normalized spacial score (nSPS) is 19.2. The summed E-state index contributed by atoms with van der Waals surface area (Å²) in [6, 6.07) is 5.40. The summed E-state index contributed by atoms with van der Waals surface area (Å²) < 4.78 is 20.1. The van der Waals surface area contributed by atoms with Gasteiger partial charge in [-0.2, -0.15) is 0 Å². The van der Waals surface area contributed by atoms with E-state index in [1.165, 1.54) is 0 Å². The SMILES string of the molecule is CCNC(=NCc1ccc(N2CCC(O)CC2)c(F)c1)N(C)CCC1CCOCC1. The number of aliphatic hydroxyl groups excluding tert-OH is 1. The Morgan fingerprint density at radius 1 is 1.27 bits per heavy atom. The standard InChI is InChI=1S/C23H37FN4O2/c1-3-25-23(27(2)11-6-18-9-14-30-15-10-18)26-17-19-4-5-22(21(24)16-19)28-12-7-20(29)8-13-28/h4-5,16,18,20,29H,3,6-15,17H2,1-2H3,(H,25,26). The third-order valence-electron chi connectivity index (χ3n) is 6.14. The summed E-state index contributed by atoms with van der Waals surface area (Å²) in [7, 11) is 2.06. The van der Waals surface area contributed by atoms with E-state index >= 15 is 0 Å². The van der Waals surface area contributed by atoms with Crippen molar-refractivity contribution in [3.8, 4) is 0 Å². The Kier molecular flexibility index (Phi) is 8.75. The van der Waals surface area contributed by atoms with E-state index in [1.807, 2.05) is 17.0 Å². The molecule has 2 saturated heterocycles. The van der Waals surface area contributed by atoms with Crippen molar-refractivity contribution in [2.45, 2.75) is 51.7 Å². The van der Waals surface area contributed by atoms with Crippen LogP contribution >= 0.6 is 0 Å². The molecule has 2 N–H and O–H groups in total. The number of hydrogen-bond acceptors (Lipinski definition) is 4. The number of hydrogen-bond donors (Lipinski definition) is 2. The average molecular weight is 421 g/mol. The van der Waals surface area contributed by atoms with Crippen LogP contribution in [0, 0.1) is 11.7 Å². The van der Waals surface area contributed by atoms with Crippen LogP contribution < -0.4 is 10.2 Å². The van der Waals surface area contributed by atoms with Gasteiger partial charge in [-0.25, -0.2) is 9.38 Å². The lowest BCUT2D eigenvalue weighted by atomic mass is 9.96. The van der Waals surface area contributed by atoms with E-state index < -0.39 is 0 Å². The van der Waals surface area contributed by atoms with Gasteiger partial charge >= 0.3 is 0 Å². The number of rotatable bonds is 7. The van der Waals surface area contributed by atoms with Crippen LogP contribution in [0.25, 0.3) is 0 Å². The van der Waals surface area contributed by atoms with E-state index in [1.54, 1.807) is 6.07 Å². The fraction of sp³-hybridized carbons (Fsp3) is 0.696. The smallest absolute Gasteiger partial charge is 0.193 e. The van der Waals surface area contributed by atoms with Gasteiger partial charge in [-0.05, 0) is 62.6 Å². The molecule has 2 aliphatic heterocycles. The summed E-state index contributed by atoms with van der Waals surface area (Å²) >= 11 is 0. The molecule has 0 unspecified atom stereocenters. The maximum absolute atomic E-state index is 14.7. The zero-order chi connectivity index (χ0) is 21.3. The van der Waals surface area contributed by atoms with Crippen molar-refractivity contribution < 1.29 is 14.2 Å².